The highest BCUT2D eigenvalue weighted by atomic mass is 15.3. The van der Waals surface area contributed by atoms with E-state index in [0.717, 1.165) is 17.8 Å². The van der Waals surface area contributed by atoms with Crippen molar-refractivity contribution in [1.29, 1.82) is 0 Å². The second-order valence-corrected chi connectivity index (χ2v) is 5.53. The van der Waals surface area contributed by atoms with Crippen LogP contribution in [0.4, 0.5) is 0 Å². The molecule has 0 amide bonds. The summed E-state index contributed by atoms with van der Waals surface area (Å²) in [5.41, 5.74) is 2.22. The Balaban J connectivity index is 1.70. The van der Waals surface area contributed by atoms with E-state index < -0.39 is 0 Å². The average Bonchev–Trinajstić information content (AvgIpc) is 3.16. The van der Waals surface area contributed by atoms with Crippen LogP contribution in [0.3, 0.4) is 0 Å². The molecule has 1 N–H and O–H groups in total. The number of pyridine rings is 1. The highest BCUT2D eigenvalue weighted by Crippen LogP contribution is 2.29. The predicted octanol–water partition coefficient (Wildman–Crippen LogP) is 2.90. The summed E-state index contributed by atoms with van der Waals surface area (Å²) in [7, 11) is 1.98. The third kappa shape index (κ3) is 2.90. The van der Waals surface area contributed by atoms with Crippen molar-refractivity contribution in [2.75, 3.05) is 7.05 Å². The molecule has 4 nitrogen and oxygen atoms in total. The Morgan fingerprint density at radius 1 is 1.30 bits per heavy atom. The van der Waals surface area contributed by atoms with Crippen LogP contribution in [-0.4, -0.2) is 21.8 Å². The first-order valence-electron chi connectivity index (χ1n) is 7.49. The molecule has 2 aromatic rings. The van der Waals surface area contributed by atoms with Crippen LogP contribution in [0.5, 0.6) is 0 Å². The quantitative estimate of drug-likeness (QED) is 0.908. The van der Waals surface area contributed by atoms with Gasteiger partial charge in [0.05, 0.1) is 23.5 Å². The minimum Gasteiger partial charge on any atom is -0.311 e. The van der Waals surface area contributed by atoms with Crippen LogP contribution >= 0.6 is 0 Å². The van der Waals surface area contributed by atoms with Crippen LogP contribution in [-0.2, 0) is 6.42 Å². The molecular formula is C16H22N4. The molecule has 1 atom stereocenters. The predicted molar refractivity (Wildman–Crippen MR) is 79.5 cm³/mol. The van der Waals surface area contributed by atoms with Gasteiger partial charge in [-0.15, -0.1) is 0 Å². The lowest BCUT2D eigenvalue weighted by Gasteiger charge is -2.14. The van der Waals surface area contributed by atoms with Gasteiger partial charge in [-0.1, -0.05) is 18.9 Å². The summed E-state index contributed by atoms with van der Waals surface area (Å²) in [6.07, 6.45) is 10.1. The van der Waals surface area contributed by atoms with Crippen molar-refractivity contribution in [3.05, 3.63) is 48.0 Å². The molecule has 0 bridgehead atoms. The lowest BCUT2D eigenvalue weighted by molar-refractivity contribution is 0.458. The van der Waals surface area contributed by atoms with Crippen molar-refractivity contribution in [2.24, 2.45) is 0 Å². The zero-order chi connectivity index (χ0) is 13.8. The van der Waals surface area contributed by atoms with Crippen molar-refractivity contribution < 1.29 is 0 Å². The molecule has 2 heterocycles. The normalized spacial score (nSPS) is 17.4. The Bertz CT molecular complexity index is 528. The van der Waals surface area contributed by atoms with Gasteiger partial charge in [0.1, 0.15) is 0 Å². The van der Waals surface area contributed by atoms with Crippen LogP contribution in [0, 0.1) is 0 Å². The first-order chi connectivity index (χ1) is 9.86. The van der Waals surface area contributed by atoms with Crippen LogP contribution in [0.1, 0.15) is 49.2 Å². The molecule has 3 rings (SSSR count). The Kier molecular flexibility index (Phi) is 4.11. The molecule has 0 aromatic carbocycles. The molecule has 4 heteroatoms. The SMILES string of the molecule is CNC(Cc1ccn(C2CCCC2)n1)c1ccccn1. The Morgan fingerprint density at radius 3 is 2.85 bits per heavy atom. The first-order valence-corrected chi connectivity index (χ1v) is 7.49. The van der Waals surface area contributed by atoms with Crippen molar-refractivity contribution in [3.8, 4) is 0 Å². The maximum absolute atomic E-state index is 4.75. The summed E-state index contributed by atoms with van der Waals surface area (Å²) >= 11 is 0. The fraction of sp³-hybridized carbons (Fsp3) is 0.500. The van der Waals surface area contributed by atoms with Gasteiger partial charge < -0.3 is 5.32 Å². The molecule has 0 aliphatic heterocycles. The van der Waals surface area contributed by atoms with E-state index in [1.165, 1.54) is 25.7 Å². The molecule has 1 aliphatic carbocycles. The molecule has 0 saturated heterocycles. The molecule has 106 valence electrons. The van der Waals surface area contributed by atoms with Gasteiger partial charge in [-0.25, -0.2) is 0 Å². The zero-order valence-corrected chi connectivity index (χ0v) is 12.0. The van der Waals surface area contributed by atoms with E-state index in [1.54, 1.807) is 0 Å². The summed E-state index contributed by atoms with van der Waals surface area (Å²) in [6.45, 7) is 0. The summed E-state index contributed by atoms with van der Waals surface area (Å²) in [4.78, 5) is 4.43. The fourth-order valence-electron chi connectivity index (χ4n) is 3.00. The average molecular weight is 270 g/mol. The molecule has 20 heavy (non-hydrogen) atoms. The largest absolute Gasteiger partial charge is 0.311 e. The zero-order valence-electron chi connectivity index (χ0n) is 12.0. The van der Waals surface area contributed by atoms with Gasteiger partial charge >= 0.3 is 0 Å². The van der Waals surface area contributed by atoms with E-state index >= 15 is 0 Å². The second kappa shape index (κ2) is 6.18. The van der Waals surface area contributed by atoms with Gasteiger partial charge in [0.15, 0.2) is 0 Å². The summed E-state index contributed by atoms with van der Waals surface area (Å²) in [6, 6.07) is 9.03. The van der Waals surface area contributed by atoms with E-state index in [2.05, 4.69) is 33.3 Å². The summed E-state index contributed by atoms with van der Waals surface area (Å²) in [5, 5.41) is 8.09. The van der Waals surface area contributed by atoms with Crippen LogP contribution < -0.4 is 5.32 Å². The molecule has 1 saturated carbocycles. The number of nitrogens with zero attached hydrogens (tertiary/aromatic N) is 3. The van der Waals surface area contributed by atoms with Gasteiger partial charge in [0.2, 0.25) is 0 Å². The van der Waals surface area contributed by atoms with E-state index in [9.17, 15) is 0 Å². The number of hydrogen-bond acceptors (Lipinski definition) is 3. The standard InChI is InChI=1S/C16H22N4/c1-17-16(15-8-4-5-10-18-15)12-13-9-11-20(19-13)14-6-2-3-7-14/h4-5,8-11,14,16-17H,2-3,6-7,12H2,1H3. The third-order valence-corrected chi connectivity index (χ3v) is 4.17. The Morgan fingerprint density at radius 2 is 2.15 bits per heavy atom. The topological polar surface area (TPSA) is 42.7 Å². The van der Waals surface area contributed by atoms with E-state index in [0.29, 0.717) is 6.04 Å². The maximum atomic E-state index is 4.75. The van der Waals surface area contributed by atoms with Crippen molar-refractivity contribution >= 4 is 0 Å². The molecule has 1 fully saturated rings. The summed E-state index contributed by atoms with van der Waals surface area (Å²) in [5.74, 6) is 0. The Labute approximate surface area is 120 Å². The van der Waals surface area contributed by atoms with Crippen LogP contribution in [0.15, 0.2) is 36.7 Å². The molecule has 1 unspecified atom stereocenters. The lowest BCUT2D eigenvalue weighted by atomic mass is 10.1. The number of aromatic nitrogens is 3. The van der Waals surface area contributed by atoms with Crippen LogP contribution in [0.25, 0.3) is 0 Å². The number of hydrogen-bond donors (Lipinski definition) is 1. The molecule has 2 aromatic heterocycles. The smallest absolute Gasteiger partial charge is 0.0644 e. The fourth-order valence-corrected chi connectivity index (χ4v) is 3.00. The monoisotopic (exact) mass is 270 g/mol. The Hall–Kier alpha value is -1.68. The lowest BCUT2D eigenvalue weighted by Crippen LogP contribution is -2.20. The highest BCUT2D eigenvalue weighted by molar-refractivity contribution is 5.13. The van der Waals surface area contributed by atoms with Crippen molar-refractivity contribution in [1.82, 2.24) is 20.1 Å². The van der Waals surface area contributed by atoms with E-state index in [4.69, 9.17) is 5.10 Å². The second-order valence-electron chi connectivity index (χ2n) is 5.53. The minimum atomic E-state index is 0.225. The van der Waals surface area contributed by atoms with Gasteiger partial charge in [-0.05, 0) is 38.1 Å². The number of likely N-dealkylation sites (N-methyl/N-ethyl adjacent to an activating group) is 1. The first kappa shape index (κ1) is 13.3. The molecule has 1 aliphatic rings. The maximum Gasteiger partial charge on any atom is 0.0644 e. The van der Waals surface area contributed by atoms with E-state index in [-0.39, 0.29) is 6.04 Å². The van der Waals surface area contributed by atoms with Gasteiger partial charge in [-0.2, -0.15) is 5.10 Å². The van der Waals surface area contributed by atoms with E-state index in [1.807, 2.05) is 25.4 Å². The third-order valence-electron chi connectivity index (χ3n) is 4.17. The van der Waals surface area contributed by atoms with Gasteiger partial charge in [0.25, 0.3) is 0 Å². The van der Waals surface area contributed by atoms with Gasteiger partial charge in [0, 0.05) is 18.8 Å². The van der Waals surface area contributed by atoms with Crippen molar-refractivity contribution in [3.63, 3.8) is 0 Å². The minimum absolute atomic E-state index is 0.225. The summed E-state index contributed by atoms with van der Waals surface area (Å²) < 4.78 is 2.16. The van der Waals surface area contributed by atoms with Crippen LogP contribution in [0.2, 0.25) is 0 Å². The van der Waals surface area contributed by atoms with Crippen molar-refractivity contribution in [2.45, 2.75) is 44.2 Å². The van der Waals surface area contributed by atoms with Gasteiger partial charge in [-0.3, -0.25) is 9.67 Å². The highest BCUT2D eigenvalue weighted by Gasteiger charge is 2.18. The molecule has 0 spiro atoms. The number of rotatable bonds is 5. The number of nitrogens with one attached hydrogen (secondary N) is 1. The molecule has 0 radical (unpaired) electrons. The molecular weight excluding hydrogens is 248 g/mol.